The van der Waals surface area contributed by atoms with E-state index in [0.717, 1.165) is 33.8 Å². The van der Waals surface area contributed by atoms with Crippen molar-refractivity contribution >= 4 is 39.9 Å². The third-order valence-corrected chi connectivity index (χ3v) is 5.23. The van der Waals surface area contributed by atoms with Gasteiger partial charge in [-0.25, -0.2) is 4.18 Å². The van der Waals surface area contributed by atoms with Gasteiger partial charge >= 0.3 is 23.9 Å². The first kappa shape index (κ1) is 26.0. The number of rotatable bonds is 7. The molecule has 1 saturated heterocycles. The van der Waals surface area contributed by atoms with Gasteiger partial charge in [-0.1, -0.05) is 0 Å². The van der Waals surface area contributed by atoms with Crippen molar-refractivity contribution in [3.05, 3.63) is 11.9 Å². The molecule has 0 spiro atoms. The lowest BCUT2D eigenvalue weighted by Crippen LogP contribution is -2.63. The van der Waals surface area contributed by atoms with E-state index in [4.69, 9.17) is 39.3 Å². The first-order chi connectivity index (χ1) is 15.3. The van der Waals surface area contributed by atoms with Crippen molar-refractivity contribution in [2.75, 3.05) is 6.61 Å². The van der Waals surface area contributed by atoms with E-state index in [-0.39, 0.29) is 11.7 Å². The summed E-state index contributed by atoms with van der Waals surface area (Å²) in [5, 5.41) is 0. The number of ether oxygens (including phenoxy) is 5. The van der Waals surface area contributed by atoms with Gasteiger partial charge in [0, 0.05) is 33.8 Å². The molecule has 16 heteroatoms. The zero-order chi connectivity index (χ0) is 24.9. The van der Waals surface area contributed by atoms with Gasteiger partial charge in [-0.05, 0) is 0 Å². The lowest BCUT2D eigenvalue weighted by atomic mass is 9.98. The summed E-state index contributed by atoms with van der Waals surface area (Å²) >= 11 is 0. The fraction of sp³-hybridized carbons (Fsp3) is 0.588. The van der Waals surface area contributed by atoms with E-state index < -0.39 is 71.4 Å². The minimum Gasteiger partial charge on any atom is -0.463 e. The Labute approximate surface area is 188 Å². The number of hydrogen-bond acceptors (Lipinski definition) is 14. The van der Waals surface area contributed by atoms with E-state index in [0.29, 0.717) is 0 Å². The summed E-state index contributed by atoms with van der Waals surface area (Å²) < 4.78 is 51.8. The van der Waals surface area contributed by atoms with Crippen molar-refractivity contribution in [3.63, 3.8) is 0 Å². The maximum atomic E-state index is 13.0. The van der Waals surface area contributed by atoms with Gasteiger partial charge in [0.25, 0.3) is 10.2 Å². The fourth-order valence-electron chi connectivity index (χ4n) is 2.92. The molecule has 184 valence electrons. The number of nitrogens with zero attached hydrogens (tertiary/aromatic N) is 2. The Hall–Kier alpha value is -3.24. The molecule has 2 aliphatic rings. The smallest absolute Gasteiger partial charge is 0.303 e. The molecule has 33 heavy (non-hydrogen) atoms. The maximum absolute atomic E-state index is 13.0. The Morgan fingerprint density at radius 2 is 1.48 bits per heavy atom. The largest absolute Gasteiger partial charge is 0.463 e. The van der Waals surface area contributed by atoms with Crippen molar-refractivity contribution in [1.82, 2.24) is 0 Å². The highest BCUT2D eigenvalue weighted by molar-refractivity contribution is 7.88. The molecule has 0 aromatic rings. The molecule has 6 atom stereocenters. The zero-order valence-electron chi connectivity index (χ0n) is 18.1. The number of amidine groups is 1. The van der Waals surface area contributed by atoms with Gasteiger partial charge in [0.05, 0.1) is 0 Å². The lowest BCUT2D eigenvalue weighted by molar-refractivity contribution is -0.287. The van der Waals surface area contributed by atoms with Crippen LogP contribution in [0.3, 0.4) is 0 Å². The highest BCUT2D eigenvalue weighted by Crippen LogP contribution is 2.31. The van der Waals surface area contributed by atoms with Gasteiger partial charge in [0.2, 0.25) is 6.29 Å². The molecule has 0 radical (unpaired) electrons. The second-order valence-electron chi connectivity index (χ2n) is 6.79. The molecule has 15 nitrogen and oxygen atoms in total. The molecule has 2 rings (SSSR count). The predicted octanol–water partition coefficient (Wildman–Crippen LogP) is -1.44. The molecule has 0 aromatic heterocycles. The molecule has 0 aliphatic carbocycles. The first-order valence-corrected chi connectivity index (χ1v) is 10.8. The zero-order valence-corrected chi connectivity index (χ0v) is 18.9. The Morgan fingerprint density at radius 1 is 0.939 bits per heavy atom. The summed E-state index contributed by atoms with van der Waals surface area (Å²) in [6.07, 6.45) is -6.48. The summed E-state index contributed by atoms with van der Waals surface area (Å²) in [7, 11) is -3.98. The van der Waals surface area contributed by atoms with E-state index >= 15 is 0 Å². The predicted molar refractivity (Wildman–Crippen MR) is 108 cm³/mol. The molecule has 0 amide bonds. The van der Waals surface area contributed by atoms with Crippen LogP contribution in [0.15, 0.2) is 20.7 Å². The fourth-order valence-corrected chi connectivity index (χ4v) is 4.09. The first-order valence-electron chi connectivity index (χ1n) is 9.38. The van der Waals surface area contributed by atoms with Crippen molar-refractivity contribution < 1.29 is 51.3 Å². The van der Waals surface area contributed by atoms with E-state index in [1.54, 1.807) is 0 Å². The SMILES string of the molecule is CC(=O)OC[C@H]1O[C@@H](OS2(=O)=NC(N)=CC(N)=N2)[C@H](OC(C)=O)[C@@H](OC(C)=O)[C@@H]1OC(C)=O. The van der Waals surface area contributed by atoms with Crippen molar-refractivity contribution in [3.8, 4) is 0 Å². The summed E-state index contributed by atoms with van der Waals surface area (Å²) in [5.41, 5.74) is 11.1. The average molecular weight is 492 g/mol. The molecule has 4 N–H and O–H groups in total. The highest BCUT2D eigenvalue weighted by Gasteiger charge is 2.54. The van der Waals surface area contributed by atoms with Gasteiger partial charge in [0.15, 0.2) is 18.3 Å². The van der Waals surface area contributed by atoms with E-state index in [1.165, 1.54) is 0 Å². The number of esters is 4. The van der Waals surface area contributed by atoms with Crippen LogP contribution < -0.4 is 11.5 Å². The molecule has 0 saturated carbocycles. The van der Waals surface area contributed by atoms with Gasteiger partial charge in [-0.2, -0.15) is 4.21 Å². The topological polar surface area (TPSA) is 217 Å². The number of nitrogens with two attached hydrogens (primary N) is 2. The van der Waals surface area contributed by atoms with Crippen molar-refractivity contribution in [2.24, 2.45) is 20.2 Å². The lowest BCUT2D eigenvalue weighted by Gasteiger charge is -2.43. The number of hydrogen-bond donors (Lipinski definition) is 2. The van der Waals surface area contributed by atoms with Crippen LogP contribution in [0.1, 0.15) is 27.7 Å². The van der Waals surface area contributed by atoms with Crippen LogP contribution in [0, 0.1) is 0 Å². The second kappa shape index (κ2) is 10.6. The monoisotopic (exact) mass is 492 g/mol. The Balaban J connectivity index is 2.53. The molecule has 1 fully saturated rings. The van der Waals surface area contributed by atoms with Crippen LogP contribution in [0.5, 0.6) is 0 Å². The number of carbonyl (C=O) groups excluding carboxylic acids is 4. The van der Waals surface area contributed by atoms with Crippen LogP contribution in [0.25, 0.3) is 0 Å². The van der Waals surface area contributed by atoms with Crippen LogP contribution in [-0.2, 0) is 57.2 Å². The quantitative estimate of drug-likeness (QED) is 0.307. The second-order valence-corrected chi connectivity index (χ2v) is 8.24. The van der Waals surface area contributed by atoms with E-state index in [1.807, 2.05) is 0 Å². The molecule has 1 unspecified atom stereocenters. The Kier molecular flexibility index (Phi) is 8.34. The van der Waals surface area contributed by atoms with Gasteiger partial charge in [-0.3, -0.25) is 19.2 Å². The standard InChI is InChI=1S/C17H24N4O11S/c1-7(22)27-6-11-14(28-8(2)23)15(29-9(3)24)16(30-10(4)25)17(31-11)32-33(26)20-12(18)5-13(19)21-33/h5,11,14-17H,6H2,1-4H3,(H4,18,19,20,21,26)/t11-,14-,15+,16-,17+/m1/s1. The minimum absolute atomic E-state index is 0.266. The molecule has 2 heterocycles. The molecule has 2 aliphatic heterocycles. The third kappa shape index (κ3) is 7.40. The minimum atomic E-state index is -3.98. The van der Waals surface area contributed by atoms with Crippen LogP contribution in [0.4, 0.5) is 0 Å². The Bertz CT molecular complexity index is 998. The molecule has 0 aromatic carbocycles. The molecule has 0 bridgehead atoms. The summed E-state index contributed by atoms with van der Waals surface area (Å²) in [6, 6.07) is 0. The van der Waals surface area contributed by atoms with Crippen molar-refractivity contribution in [2.45, 2.75) is 58.4 Å². The van der Waals surface area contributed by atoms with Crippen LogP contribution in [-0.4, -0.2) is 71.2 Å². The van der Waals surface area contributed by atoms with E-state index in [9.17, 15) is 23.4 Å². The van der Waals surface area contributed by atoms with Gasteiger partial charge in [-0.15, -0.1) is 8.76 Å². The molecular weight excluding hydrogens is 468 g/mol. The molecular formula is C17H24N4O11S. The van der Waals surface area contributed by atoms with Gasteiger partial charge in [0.1, 0.15) is 24.4 Å². The van der Waals surface area contributed by atoms with Gasteiger partial charge < -0.3 is 35.2 Å². The summed E-state index contributed by atoms with van der Waals surface area (Å²) in [5.74, 6) is -3.75. The van der Waals surface area contributed by atoms with Crippen LogP contribution >= 0.6 is 0 Å². The Morgan fingerprint density at radius 3 is 2.00 bits per heavy atom. The van der Waals surface area contributed by atoms with E-state index in [2.05, 4.69) is 8.76 Å². The van der Waals surface area contributed by atoms with Crippen molar-refractivity contribution in [1.29, 1.82) is 0 Å². The van der Waals surface area contributed by atoms with Crippen LogP contribution in [0.2, 0.25) is 0 Å². The summed E-state index contributed by atoms with van der Waals surface area (Å²) in [6.45, 7) is 3.78. The maximum Gasteiger partial charge on any atom is 0.303 e. The average Bonchev–Trinajstić information content (AvgIpc) is 2.62. The number of carbonyl (C=O) groups is 4. The third-order valence-electron chi connectivity index (χ3n) is 3.91. The highest BCUT2D eigenvalue weighted by atomic mass is 32.2. The summed E-state index contributed by atoms with van der Waals surface area (Å²) in [4.78, 5) is 46.6. The normalized spacial score (nSPS) is 31.2.